The Hall–Kier alpha value is -1.09. The van der Waals surface area contributed by atoms with Gasteiger partial charge in [0.1, 0.15) is 0 Å². The number of phenols is 1. The minimum Gasteiger partial charge on any atom is -0.505 e. The highest BCUT2D eigenvalue weighted by atomic mass is 19.1. The van der Waals surface area contributed by atoms with Gasteiger partial charge in [0.25, 0.3) is 0 Å². The summed E-state index contributed by atoms with van der Waals surface area (Å²) < 4.78 is 13.3. The molecule has 1 aromatic carbocycles. The molecule has 0 aliphatic heterocycles. The molecule has 1 saturated carbocycles. The van der Waals surface area contributed by atoms with Crippen LogP contribution >= 0.6 is 0 Å². The van der Waals surface area contributed by atoms with E-state index < -0.39 is 5.82 Å². The number of benzene rings is 1. The van der Waals surface area contributed by atoms with Crippen molar-refractivity contribution in [3.05, 3.63) is 29.6 Å². The maximum atomic E-state index is 13.3. The summed E-state index contributed by atoms with van der Waals surface area (Å²) in [6.07, 6.45) is 4.99. The van der Waals surface area contributed by atoms with Crippen molar-refractivity contribution < 1.29 is 9.50 Å². The van der Waals surface area contributed by atoms with Gasteiger partial charge >= 0.3 is 0 Å². The van der Waals surface area contributed by atoms with E-state index in [4.69, 9.17) is 0 Å². The van der Waals surface area contributed by atoms with Gasteiger partial charge in [0, 0.05) is 18.2 Å². The Balaban J connectivity index is 2.02. The second kappa shape index (κ2) is 5.70. The van der Waals surface area contributed by atoms with Crippen LogP contribution in [0.2, 0.25) is 0 Å². The molecule has 0 bridgehead atoms. The van der Waals surface area contributed by atoms with Crippen LogP contribution in [0.1, 0.15) is 38.2 Å². The van der Waals surface area contributed by atoms with E-state index in [1.165, 1.54) is 31.7 Å². The van der Waals surface area contributed by atoms with Crippen LogP contribution in [-0.2, 0) is 6.54 Å². The van der Waals surface area contributed by atoms with Crippen molar-refractivity contribution in [3.8, 4) is 5.75 Å². The molecule has 1 N–H and O–H groups in total. The summed E-state index contributed by atoms with van der Waals surface area (Å²) in [5, 5.41) is 9.70. The molecule has 1 aliphatic rings. The summed E-state index contributed by atoms with van der Waals surface area (Å²) in [6.45, 7) is 2.90. The SMILES string of the molecule is CC1CCCC(N(C)Cc2cccc(F)c2O)C1. The van der Waals surface area contributed by atoms with E-state index >= 15 is 0 Å². The van der Waals surface area contributed by atoms with Crippen LogP contribution in [0.15, 0.2) is 18.2 Å². The Morgan fingerprint density at radius 1 is 1.39 bits per heavy atom. The van der Waals surface area contributed by atoms with Crippen molar-refractivity contribution in [2.24, 2.45) is 5.92 Å². The largest absolute Gasteiger partial charge is 0.505 e. The number of aromatic hydroxyl groups is 1. The zero-order valence-electron chi connectivity index (χ0n) is 11.2. The molecule has 0 radical (unpaired) electrons. The molecule has 0 saturated heterocycles. The molecule has 100 valence electrons. The average Bonchev–Trinajstić information content (AvgIpc) is 2.35. The van der Waals surface area contributed by atoms with E-state index in [1.807, 2.05) is 0 Å². The first-order valence-corrected chi connectivity index (χ1v) is 6.74. The number of para-hydroxylation sites is 1. The predicted molar refractivity (Wildman–Crippen MR) is 71.0 cm³/mol. The van der Waals surface area contributed by atoms with E-state index in [-0.39, 0.29) is 5.75 Å². The summed E-state index contributed by atoms with van der Waals surface area (Å²) in [5.74, 6) is 0.0402. The highest BCUT2D eigenvalue weighted by molar-refractivity contribution is 5.33. The summed E-state index contributed by atoms with van der Waals surface area (Å²) in [5.41, 5.74) is 0.677. The summed E-state index contributed by atoms with van der Waals surface area (Å²) in [7, 11) is 2.06. The van der Waals surface area contributed by atoms with Gasteiger partial charge in [-0.3, -0.25) is 4.90 Å². The molecule has 1 aromatic rings. The van der Waals surface area contributed by atoms with Gasteiger partial charge in [-0.2, -0.15) is 0 Å². The summed E-state index contributed by atoms with van der Waals surface area (Å²) >= 11 is 0. The van der Waals surface area contributed by atoms with Gasteiger partial charge in [-0.25, -0.2) is 4.39 Å². The molecule has 1 fully saturated rings. The number of rotatable bonds is 3. The summed E-state index contributed by atoms with van der Waals surface area (Å²) in [6, 6.07) is 5.29. The number of hydrogen-bond donors (Lipinski definition) is 1. The topological polar surface area (TPSA) is 23.5 Å². The van der Waals surface area contributed by atoms with Crippen LogP contribution in [0.25, 0.3) is 0 Å². The Morgan fingerprint density at radius 2 is 2.17 bits per heavy atom. The van der Waals surface area contributed by atoms with Crippen molar-refractivity contribution in [3.63, 3.8) is 0 Å². The molecule has 0 amide bonds. The monoisotopic (exact) mass is 251 g/mol. The Kier molecular flexibility index (Phi) is 4.23. The van der Waals surface area contributed by atoms with E-state index in [0.29, 0.717) is 18.2 Å². The van der Waals surface area contributed by atoms with Crippen LogP contribution in [0.5, 0.6) is 5.75 Å². The van der Waals surface area contributed by atoms with Crippen molar-refractivity contribution >= 4 is 0 Å². The third-order valence-electron chi connectivity index (χ3n) is 4.02. The van der Waals surface area contributed by atoms with Gasteiger partial charge in [-0.15, -0.1) is 0 Å². The smallest absolute Gasteiger partial charge is 0.165 e. The Bertz CT molecular complexity index is 407. The standard InChI is InChI=1S/C15H22FNO/c1-11-5-3-7-13(9-11)17(2)10-12-6-4-8-14(16)15(12)18/h4,6,8,11,13,18H,3,5,7,9-10H2,1-2H3. The lowest BCUT2D eigenvalue weighted by Gasteiger charge is -2.34. The zero-order chi connectivity index (χ0) is 13.1. The lowest BCUT2D eigenvalue weighted by Crippen LogP contribution is -2.35. The highest BCUT2D eigenvalue weighted by Crippen LogP contribution is 2.29. The van der Waals surface area contributed by atoms with E-state index in [1.54, 1.807) is 12.1 Å². The van der Waals surface area contributed by atoms with Gasteiger partial charge in [0.2, 0.25) is 0 Å². The van der Waals surface area contributed by atoms with Crippen LogP contribution in [-0.4, -0.2) is 23.1 Å². The number of halogens is 1. The zero-order valence-corrected chi connectivity index (χ0v) is 11.2. The molecule has 2 atom stereocenters. The quantitative estimate of drug-likeness (QED) is 0.888. The van der Waals surface area contributed by atoms with Crippen LogP contribution in [0.3, 0.4) is 0 Å². The normalized spacial score (nSPS) is 24.4. The van der Waals surface area contributed by atoms with E-state index in [0.717, 1.165) is 5.92 Å². The molecule has 0 spiro atoms. The molecule has 0 aromatic heterocycles. The van der Waals surface area contributed by atoms with Crippen molar-refractivity contribution in [1.82, 2.24) is 4.90 Å². The van der Waals surface area contributed by atoms with Crippen LogP contribution < -0.4 is 0 Å². The molecule has 3 heteroatoms. The number of hydrogen-bond acceptors (Lipinski definition) is 2. The Labute approximate surface area is 108 Å². The molecular weight excluding hydrogens is 229 g/mol. The predicted octanol–water partition coefficient (Wildman–Crippen LogP) is 3.54. The summed E-state index contributed by atoms with van der Waals surface area (Å²) in [4.78, 5) is 2.24. The second-order valence-electron chi connectivity index (χ2n) is 5.59. The highest BCUT2D eigenvalue weighted by Gasteiger charge is 2.23. The first-order chi connectivity index (χ1) is 8.58. The van der Waals surface area contributed by atoms with Crippen LogP contribution in [0, 0.1) is 11.7 Å². The molecule has 2 rings (SSSR count). The molecule has 18 heavy (non-hydrogen) atoms. The van der Waals surface area contributed by atoms with Crippen LogP contribution in [0.4, 0.5) is 4.39 Å². The Morgan fingerprint density at radius 3 is 2.89 bits per heavy atom. The third kappa shape index (κ3) is 3.02. The maximum absolute atomic E-state index is 13.3. The molecule has 2 unspecified atom stereocenters. The van der Waals surface area contributed by atoms with Crippen molar-refractivity contribution in [2.45, 2.75) is 45.2 Å². The molecular formula is C15H22FNO. The first kappa shape index (κ1) is 13.3. The molecule has 1 aliphatic carbocycles. The van der Waals surface area contributed by atoms with Crippen molar-refractivity contribution in [2.75, 3.05) is 7.05 Å². The lowest BCUT2D eigenvalue weighted by atomic mass is 9.86. The number of phenolic OH excluding ortho intramolecular Hbond substituents is 1. The average molecular weight is 251 g/mol. The van der Waals surface area contributed by atoms with Crippen molar-refractivity contribution in [1.29, 1.82) is 0 Å². The first-order valence-electron chi connectivity index (χ1n) is 6.74. The van der Waals surface area contributed by atoms with Gasteiger partial charge in [-0.05, 0) is 31.9 Å². The fourth-order valence-corrected chi connectivity index (χ4v) is 2.89. The number of nitrogens with zero attached hydrogens (tertiary/aromatic N) is 1. The van der Waals surface area contributed by atoms with E-state index in [9.17, 15) is 9.50 Å². The fourth-order valence-electron chi connectivity index (χ4n) is 2.89. The lowest BCUT2D eigenvalue weighted by molar-refractivity contribution is 0.156. The molecule has 0 heterocycles. The third-order valence-corrected chi connectivity index (χ3v) is 4.02. The second-order valence-corrected chi connectivity index (χ2v) is 5.59. The van der Waals surface area contributed by atoms with Gasteiger partial charge in [0.15, 0.2) is 11.6 Å². The van der Waals surface area contributed by atoms with Gasteiger partial charge < -0.3 is 5.11 Å². The minimum absolute atomic E-state index is 0.201. The van der Waals surface area contributed by atoms with Gasteiger partial charge in [-0.1, -0.05) is 31.9 Å². The molecule has 2 nitrogen and oxygen atoms in total. The minimum atomic E-state index is -0.530. The maximum Gasteiger partial charge on any atom is 0.165 e. The fraction of sp³-hybridized carbons (Fsp3) is 0.600. The van der Waals surface area contributed by atoms with E-state index in [2.05, 4.69) is 18.9 Å². The van der Waals surface area contributed by atoms with Gasteiger partial charge in [0.05, 0.1) is 0 Å².